The standard InChI is InChI=1S/C29H23N3O4S/c1-35-21-14-10-17(11-15-21)22-16-23(18-6-4-3-5-7-18)32-28-24(22)25(30)26(37-28)27(33)31-20-12-8-19(9-13-20)29(34)36-2/h3-16H,30H2,1-2H3,(H,31,33). The summed E-state index contributed by atoms with van der Waals surface area (Å²) in [6.07, 6.45) is 0. The van der Waals surface area contributed by atoms with E-state index in [1.54, 1.807) is 31.4 Å². The molecule has 0 fully saturated rings. The van der Waals surface area contributed by atoms with E-state index in [1.165, 1.54) is 18.4 Å². The molecular formula is C29H23N3O4S. The van der Waals surface area contributed by atoms with Crippen LogP contribution in [0.4, 0.5) is 11.4 Å². The van der Waals surface area contributed by atoms with E-state index in [9.17, 15) is 9.59 Å². The number of carbonyl (C=O) groups is 2. The van der Waals surface area contributed by atoms with E-state index in [1.807, 2.05) is 60.7 Å². The highest BCUT2D eigenvalue weighted by Gasteiger charge is 2.22. The zero-order valence-corrected chi connectivity index (χ0v) is 21.0. The Morgan fingerprint density at radius 1 is 0.892 bits per heavy atom. The quantitative estimate of drug-likeness (QED) is 0.262. The van der Waals surface area contributed by atoms with E-state index in [0.29, 0.717) is 26.6 Å². The van der Waals surface area contributed by atoms with Gasteiger partial charge in [-0.2, -0.15) is 0 Å². The summed E-state index contributed by atoms with van der Waals surface area (Å²) in [6, 6.07) is 26.0. The molecule has 2 heterocycles. The number of nitrogens with one attached hydrogen (secondary N) is 1. The zero-order valence-electron chi connectivity index (χ0n) is 20.1. The van der Waals surface area contributed by atoms with Gasteiger partial charge in [-0.1, -0.05) is 42.5 Å². The molecule has 8 heteroatoms. The lowest BCUT2D eigenvalue weighted by Gasteiger charge is -2.10. The molecule has 3 N–H and O–H groups in total. The lowest BCUT2D eigenvalue weighted by Crippen LogP contribution is -2.12. The Morgan fingerprint density at radius 2 is 1.59 bits per heavy atom. The van der Waals surface area contributed by atoms with Crippen LogP contribution in [0.2, 0.25) is 0 Å². The minimum absolute atomic E-state index is 0.353. The molecule has 5 aromatic rings. The molecular weight excluding hydrogens is 486 g/mol. The number of methoxy groups -OCH3 is 2. The number of nitrogen functional groups attached to an aromatic ring is 1. The number of hydrogen-bond donors (Lipinski definition) is 2. The van der Waals surface area contributed by atoms with Gasteiger partial charge < -0.3 is 20.5 Å². The van der Waals surface area contributed by atoms with Crippen molar-refractivity contribution in [2.45, 2.75) is 0 Å². The highest BCUT2D eigenvalue weighted by Crippen LogP contribution is 2.41. The first-order valence-corrected chi connectivity index (χ1v) is 12.2. The van der Waals surface area contributed by atoms with Crippen LogP contribution in [0, 0.1) is 0 Å². The molecule has 0 atom stereocenters. The predicted octanol–water partition coefficient (Wildman–Crippen LogP) is 6.26. The van der Waals surface area contributed by atoms with Crippen molar-refractivity contribution in [3.05, 3.63) is 95.4 Å². The summed E-state index contributed by atoms with van der Waals surface area (Å²) in [5.41, 5.74) is 11.4. The average molecular weight is 510 g/mol. The van der Waals surface area contributed by atoms with Crippen LogP contribution in [-0.2, 0) is 4.74 Å². The maximum atomic E-state index is 13.2. The SMILES string of the molecule is COC(=O)c1ccc(NC(=O)c2sc3nc(-c4ccccc4)cc(-c4ccc(OC)cc4)c3c2N)cc1. The van der Waals surface area contributed by atoms with Crippen LogP contribution in [0.15, 0.2) is 84.9 Å². The van der Waals surface area contributed by atoms with Crippen LogP contribution in [0.1, 0.15) is 20.0 Å². The Labute approximate surface area is 217 Å². The molecule has 37 heavy (non-hydrogen) atoms. The van der Waals surface area contributed by atoms with Gasteiger partial charge in [0.1, 0.15) is 15.5 Å². The summed E-state index contributed by atoms with van der Waals surface area (Å²) in [5.74, 6) is -0.0554. The van der Waals surface area contributed by atoms with Crippen molar-refractivity contribution in [1.29, 1.82) is 0 Å². The number of ether oxygens (including phenoxy) is 2. The van der Waals surface area contributed by atoms with Gasteiger partial charge >= 0.3 is 5.97 Å². The maximum Gasteiger partial charge on any atom is 0.337 e. The van der Waals surface area contributed by atoms with E-state index in [-0.39, 0.29) is 5.91 Å². The van der Waals surface area contributed by atoms with Crippen LogP contribution in [0.25, 0.3) is 32.6 Å². The topological polar surface area (TPSA) is 104 Å². The number of carbonyl (C=O) groups excluding carboxylic acids is 2. The summed E-state index contributed by atoms with van der Waals surface area (Å²) >= 11 is 1.24. The Morgan fingerprint density at radius 3 is 2.24 bits per heavy atom. The fourth-order valence-corrected chi connectivity index (χ4v) is 5.06. The second-order valence-electron chi connectivity index (χ2n) is 8.20. The largest absolute Gasteiger partial charge is 0.497 e. The van der Waals surface area contributed by atoms with Crippen molar-refractivity contribution >= 4 is 44.8 Å². The van der Waals surface area contributed by atoms with Crippen molar-refractivity contribution in [3.8, 4) is 28.1 Å². The van der Waals surface area contributed by atoms with Crippen molar-refractivity contribution in [2.75, 3.05) is 25.3 Å². The van der Waals surface area contributed by atoms with E-state index in [0.717, 1.165) is 33.5 Å². The minimum atomic E-state index is -0.446. The molecule has 5 rings (SSSR count). The number of amides is 1. The van der Waals surface area contributed by atoms with Crippen LogP contribution in [-0.4, -0.2) is 31.1 Å². The number of nitrogens with two attached hydrogens (primary N) is 1. The van der Waals surface area contributed by atoms with Gasteiger partial charge in [-0.25, -0.2) is 9.78 Å². The van der Waals surface area contributed by atoms with E-state index in [2.05, 4.69) is 5.32 Å². The molecule has 0 saturated carbocycles. The molecule has 3 aromatic carbocycles. The van der Waals surface area contributed by atoms with Crippen molar-refractivity contribution in [2.24, 2.45) is 0 Å². The van der Waals surface area contributed by atoms with Gasteiger partial charge in [0, 0.05) is 16.6 Å². The van der Waals surface area contributed by atoms with Crippen molar-refractivity contribution in [1.82, 2.24) is 4.98 Å². The number of anilines is 2. The van der Waals surface area contributed by atoms with Gasteiger partial charge in [-0.3, -0.25) is 4.79 Å². The lowest BCUT2D eigenvalue weighted by atomic mass is 9.99. The number of benzene rings is 3. The fraction of sp³-hybridized carbons (Fsp3) is 0.0690. The molecule has 0 aliphatic carbocycles. The van der Waals surface area contributed by atoms with E-state index < -0.39 is 5.97 Å². The van der Waals surface area contributed by atoms with Gasteiger partial charge in [-0.15, -0.1) is 11.3 Å². The predicted molar refractivity (Wildman–Crippen MR) is 147 cm³/mol. The molecule has 2 aromatic heterocycles. The molecule has 0 bridgehead atoms. The summed E-state index contributed by atoms with van der Waals surface area (Å²) < 4.78 is 10.0. The second-order valence-corrected chi connectivity index (χ2v) is 9.20. The minimum Gasteiger partial charge on any atom is -0.497 e. The third-order valence-corrected chi connectivity index (χ3v) is 7.04. The van der Waals surface area contributed by atoms with Gasteiger partial charge in [0.15, 0.2) is 0 Å². The Kier molecular flexibility index (Phi) is 6.57. The fourth-order valence-electron chi connectivity index (χ4n) is 4.04. The number of rotatable bonds is 6. The number of esters is 1. The summed E-state index contributed by atoms with van der Waals surface area (Å²) in [7, 11) is 2.94. The smallest absolute Gasteiger partial charge is 0.337 e. The Balaban J connectivity index is 1.58. The van der Waals surface area contributed by atoms with Crippen LogP contribution in [0.3, 0.4) is 0 Å². The highest BCUT2D eigenvalue weighted by atomic mass is 32.1. The number of fused-ring (bicyclic) bond motifs is 1. The molecule has 184 valence electrons. The normalized spacial score (nSPS) is 10.8. The first kappa shape index (κ1) is 24.0. The van der Waals surface area contributed by atoms with Gasteiger partial charge in [0.25, 0.3) is 5.91 Å². The van der Waals surface area contributed by atoms with Crippen LogP contribution < -0.4 is 15.8 Å². The molecule has 0 unspecified atom stereocenters. The van der Waals surface area contributed by atoms with Crippen molar-refractivity contribution in [3.63, 3.8) is 0 Å². The molecule has 1 amide bonds. The van der Waals surface area contributed by atoms with Crippen molar-refractivity contribution < 1.29 is 19.1 Å². The maximum absolute atomic E-state index is 13.2. The molecule has 0 saturated heterocycles. The zero-order chi connectivity index (χ0) is 25.9. The highest BCUT2D eigenvalue weighted by molar-refractivity contribution is 7.21. The number of nitrogens with zero attached hydrogens (tertiary/aromatic N) is 1. The van der Waals surface area contributed by atoms with Gasteiger partial charge in [0.2, 0.25) is 0 Å². The van der Waals surface area contributed by atoms with Crippen LogP contribution >= 0.6 is 11.3 Å². The lowest BCUT2D eigenvalue weighted by molar-refractivity contribution is 0.0600. The molecule has 0 radical (unpaired) electrons. The average Bonchev–Trinajstić information content (AvgIpc) is 3.29. The van der Waals surface area contributed by atoms with Gasteiger partial charge in [0.05, 0.1) is 31.2 Å². The van der Waals surface area contributed by atoms with Crippen LogP contribution in [0.5, 0.6) is 5.75 Å². The number of pyridine rings is 1. The Hall–Kier alpha value is -4.69. The molecule has 7 nitrogen and oxygen atoms in total. The molecule has 0 spiro atoms. The number of thiophene rings is 1. The summed E-state index contributed by atoms with van der Waals surface area (Å²) in [6.45, 7) is 0. The van der Waals surface area contributed by atoms with E-state index >= 15 is 0 Å². The number of hydrogen-bond acceptors (Lipinski definition) is 7. The third-order valence-electron chi connectivity index (χ3n) is 5.94. The first-order valence-electron chi connectivity index (χ1n) is 11.4. The monoisotopic (exact) mass is 509 g/mol. The van der Waals surface area contributed by atoms with Gasteiger partial charge in [-0.05, 0) is 53.6 Å². The molecule has 0 aliphatic rings. The first-order chi connectivity index (χ1) is 18.0. The molecule has 0 aliphatic heterocycles. The third kappa shape index (κ3) is 4.74. The summed E-state index contributed by atoms with van der Waals surface area (Å²) in [5, 5.41) is 3.58. The Bertz CT molecular complexity index is 1600. The second kappa shape index (κ2) is 10.1. The summed E-state index contributed by atoms with van der Waals surface area (Å²) in [4.78, 5) is 30.8. The van der Waals surface area contributed by atoms with E-state index in [4.69, 9.17) is 20.2 Å². The number of aromatic nitrogens is 1.